The summed E-state index contributed by atoms with van der Waals surface area (Å²) in [4.78, 5) is 23.6. The van der Waals surface area contributed by atoms with Crippen molar-refractivity contribution in [3.8, 4) is 16.9 Å². The molecule has 2 aliphatic rings. The molecule has 42 heavy (non-hydrogen) atoms. The fourth-order valence-corrected chi connectivity index (χ4v) is 5.82. The average molecular weight is 570 g/mol. The van der Waals surface area contributed by atoms with Gasteiger partial charge in [-0.25, -0.2) is 14.8 Å². The van der Waals surface area contributed by atoms with Crippen LogP contribution in [0.1, 0.15) is 30.9 Å². The summed E-state index contributed by atoms with van der Waals surface area (Å²) < 4.78 is 13.7. The zero-order valence-corrected chi connectivity index (χ0v) is 23.9. The highest BCUT2D eigenvalue weighted by Gasteiger charge is 2.32. The van der Waals surface area contributed by atoms with Crippen LogP contribution in [0, 0.1) is 5.92 Å². The molecule has 4 N–H and O–H groups in total. The number of aromatic nitrogens is 3. The van der Waals surface area contributed by atoms with E-state index in [1.165, 1.54) is 6.33 Å². The second-order valence-electron chi connectivity index (χ2n) is 11.1. The van der Waals surface area contributed by atoms with Gasteiger partial charge in [-0.05, 0) is 55.0 Å². The zero-order valence-electron chi connectivity index (χ0n) is 23.9. The second kappa shape index (κ2) is 13.2. The van der Waals surface area contributed by atoms with Gasteiger partial charge in [-0.15, -0.1) is 0 Å². The maximum atomic E-state index is 12.3. The Morgan fingerprint density at radius 3 is 2.71 bits per heavy atom. The van der Waals surface area contributed by atoms with E-state index in [0.29, 0.717) is 31.4 Å². The SMILES string of the molecule is Nc1ncnc2c1c(-c1cccc(OCc3ccccc3)c1)cn2[C@H]1C[C@H](CNC(=O)NCCCN2CCOCC2)C1. The maximum Gasteiger partial charge on any atom is 0.314 e. The van der Waals surface area contributed by atoms with Gasteiger partial charge in [0.2, 0.25) is 0 Å². The van der Waals surface area contributed by atoms with Gasteiger partial charge in [0.1, 0.15) is 30.1 Å². The Balaban J connectivity index is 1.04. The highest BCUT2D eigenvalue weighted by molar-refractivity contribution is 6.00. The molecule has 1 saturated carbocycles. The number of nitrogens with one attached hydrogen (secondary N) is 2. The first-order valence-corrected chi connectivity index (χ1v) is 14.8. The summed E-state index contributed by atoms with van der Waals surface area (Å²) in [5.74, 6) is 1.68. The van der Waals surface area contributed by atoms with Crippen molar-refractivity contribution >= 4 is 22.9 Å². The van der Waals surface area contributed by atoms with E-state index in [1.807, 2.05) is 36.4 Å². The Morgan fingerprint density at radius 2 is 1.88 bits per heavy atom. The van der Waals surface area contributed by atoms with Gasteiger partial charge in [-0.2, -0.15) is 0 Å². The number of carbonyl (C=O) groups is 1. The summed E-state index contributed by atoms with van der Waals surface area (Å²) in [6, 6.07) is 18.4. The summed E-state index contributed by atoms with van der Waals surface area (Å²) in [5.41, 5.74) is 10.3. The van der Waals surface area contributed by atoms with E-state index in [2.05, 4.69) is 54.5 Å². The number of anilines is 1. The van der Waals surface area contributed by atoms with Crippen LogP contribution in [-0.4, -0.2) is 71.4 Å². The summed E-state index contributed by atoms with van der Waals surface area (Å²) >= 11 is 0. The molecule has 0 unspecified atom stereocenters. The number of hydrogen-bond acceptors (Lipinski definition) is 7. The number of hydrogen-bond donors (Lipinski definition) is 3. The first-order chi connectivity index (χ1) is 20.6. The van der Waals surface area contributed by atoms with Crippen molar-refractivity contribution in [2.24, 2.45) is 5.92 Å². The van der Waals surface area contributed by atoms with Crippen LogP contribution in [0.4, 0.5) is 10.6 Å². The van der Waals surface area contributed by atoms with Crippen molar-refractivity contribution in [1.82, 2.24) is 30.1 Å². The van der Waals surface area contributed by atoms with Crippen molar-refractivity contribution < 1.29 is 14.3 Å². The maximum absolute atomic E-state index is 12.3. The smallest absolute Gasteiger partial charge is 0.314 e. The lowest BCUT2D eigenvalue weighted by Gasteiger charge is -2.36. The van der Waals surface area contributed by atoms with E-state index in [4.69, 9.17) is 15.2 Å². The predicted octanol–water partition coefficient (Wildman–Crippen LogP) is 4.23. The molecule has 10 nitrogen and oxygen atoms in total. The molecule has 6 rings (SSSR count). The summed E-state index contributed by atoms with van der Waals surface area (Å²) in [5, 5.41) is 6.90. The van der Waals surface area contributed by atoms with Crippen LogP contribution in [0.5, 0.6) is 5.75 Å². The van der Waals surface area contributed by atoms with Gasteiger partial charge in [0, 0.05) is 44.0 Å². The number of benzene rings is 2. The largest absolute Gasteiger partial charge is 0.489 e. The fourth-order valence-electron chi connectivity index (χ4n) is 5.82. The summed E-state index contributed by atoms with van der Waals surface area (Å²) in [6.07, 6.45) is 6.53. The van der Waals surface area contributed by atoms with E-state index in [-0.39, 0.29) is 12.1 Å². The van der Waals surface area contributed by atoms with E-state index >= 15 is 0 Å². The van der Waals surface area contributed by atoms with Crippen molar-refractivity contribution in [1.29, 1.82) is 0 Å². The van der Waals surface area contributed by atoms with Crippen molar-refractivity contribution in [3.63, 3.8) is 0 Å². The van der Waals surface area contributed by atoms with Gasteiger partial charge < -0.3 is 30.4 Å². The third-order valence-corrected chi connectivity index (χ3v) is 8.23. The third kappa shape index (κ3) is 6.66. The monoisotopic (exact) mass is 569 g/mol. The number of carbonyl (C=O) groups excluding carboxylic acids is 1. The minimum atomic E-state index is -0.0935. The number of urea groups is 1. The molecule has 4 aromatic rings. The van der Waals surface area contributed by atoms with Crippen LogP contribution in [0.15, 0.2) is 67.1 Å². The molecule has 0 radical (unpaired) electrons. The highest BCUT2D eigenvalue weighted by Crippen LogP contribution is 2.43. The number of rotatable bonds is 11. The quantitative estimate of drug-likeness (QED) is 0.231. The molecule has 10 heteroatoms. The number of fused-ring (bicyclic) bond motifs is 1. The summed E-state index contributed by atoms with van der Waals surface area (Å²) in [7, 11) is 0. The minimum absolute atomic E-state index is 0.0935. The molecule has 0 atom stereocenters. The minimum Gasteiger partial charge on any atom is -0.489 e. The highest BCUT2D eigenvalue weighted by atomic mass is 16.5. The number of amides is 2. The van der Waals surface area contributed by atoms with Crippen LogP contribution < -0.4 is 21.1 Å². The lowest BCUT2D eigenvalue weighted by Crippen LogP contribution is -2.43. The van der Waals surface area contributed by atoms with Gasteiger partial charge in [-0.1, -0.05) is 42.5 Å². The Bertz CT molecular complexity index is 1480. The van der Waals surface area contributed by atoms with Crippen LogP contribution in [0.3, 0.4) is 0 Å². The van der Waals surface area contributed by atoms with Gasteiger partial charge in [0.05, 0.1) is 18.6 Å². The Morgan fingerprint density at radius 1 is 1.05 bits per heavy atom. The third-order valence-electron chi connectivity index (χ3n) is 8.23. The van der Waals surface area contributed by atoms with Gasteiger partial charge in [-0.3, -0.25) is 4.90 Å². The molecule has 0 spiro atoms. The molecule has 1 aliphatic heterocycles. The van der Waals surface area contributed by atoms with Crippen molar-refractivity contribution in [3.05, 3.63) is 72.7 Å². The first kappa shape index (κ1) is 28.0. The van der Waals surface area contributed by atoms with Crippen molar-refractivity contribution in [2.75, 3.05) is 51.7 Å². The molecule has 0 bridgehead atoms. The van der Waals surface area contributed by atoms with Crippen LogP contribution in [0.25, 0.3) is 22.2 Å². The predicted molar refractivity (Wildman–Crippen MR) is 163 cm³/mol. The topological polar surface area (TPSA) is 120 Å². The number of nitrogens with zero attached hydrogens (tertiary/aromatic N) is 4. The normalized spacial score (nSPS) is 18.9. The fraction of sp³-hybridized carbons (Fsp3) is 0.406. The zero-order chi connectivity index (χ0) is 28.7. The number of ether oxygens (including phenoxy) is 2. The number of nitrogens with two attached hydrogens (primary N) is 1. The Labute approximate surface area is 246 Å². The van der Waals surface area contributed by atoms with Crippen LogP contribution in [0.2, 0.25) is 0 Å². The number of morpholine rings is 1. The standard InChI is InChI=1S/C32H39N7O3/c33-30-29-28(25-8-4-9-27(18-25)42-21-23-6-2-1-3-7-23)20-39(31(29)37-22-36-30)26-16-24(17-26)19-35-32(40)34-10-5-11-38-12-14-41-15-13-38/h1-4,6-9,18,20,22,24,26H,5,10-17,19,21H2,(H2,33,36,37)(H2,34,35,40)/t24-,26-. The molecule has 1 saturated heterocycles. The molecule has 2 aromatic heterocycles. The van der Waals surface area contributed by atoms with Crippen LogP contribution in [-0.2, 0) is 11.3 Å². The van der Waals surface area contributed by atoms with Gasteiger partial charge in [0.25, 0.3) is 0 Å². The Kier molecular flexibility index (Phi) is 8.81. The summed E-state index contributed by atoms with van der Waals surface area (Å²) in [6.45, 7) is 6.37. The molecular weight excluding hydrogens is 530 g/mol. The molecule has 2 aromatic carbocycles. The molecule has 2 fully saturated rings. The lowest BCUT2D eigenvalue weighted by molar-refractivity contribution is 0.0375. The average Bonchev–Trinajstić information content (AvgIpc) is 3.39. The lowest BCUT2D eigenvalue weighted by atomic mass is 9.80. The number of nitrogen functional groups attached to an aromatic ring is 1. The molecule has 3 heterocycles. The van der Waals surface area contributed by atoms with Gasteiger partial charge >= 0.3 is 6.03 Å². The Hall–Kier alpha value is -4.15. The molecular formula is C32H39N7O3. The molecule has 2 amide bonds. The molecule has 1 aliphatic carbocycles. The molecule has 220 valence electrons. The van der Waals surface area contributed by atoms with E-state index in [1.54, 1.807) is 0 Å². The van der Waals surface area contributed by atoms with E-state index < -0.39 is 0 Å². The first-order valence-electron chi connectivity index (χ1n) is 14.8. The van der Waals surface area contributed by atoms with E-state index in [0.717, 1.165) is 85.6 Å². The van der Waals surface area contributed by atoms with E-state index in [9.17, 15) is 4.79 Å². The van der Waals surface area contributed by atoms with Crippen molar-refractivity contribution in [2.45, 2.75) is 31.9 Å². The second-order valence-corrected chi connectivity index (χ2v) is 11.1. The van der Waals surface area contributed by atoms with Gasteiger partial charge in [0.15, 0.2) is 0 Å². The van der Waals surface area contributed by atoms with Crippen LogP contribution >= 0.6 is 0 Å².